The van der Waals surface area contributed by atoms with E-state index in [4.69, 9.17) is 5.73 Å². The Bertz CT molecular complexity index is 149. The third kappa shape index (κ3) is 3.91. The molecular weight excluding hydrogens is 138 g/mol. The summed E-state index contributed by atoms with van der Waals surface area (Å²) in [6.45, 7) is 6.55. The van der Waals surface area contributed by atoms with E-state index in [-0.39, 0.29) is 6.17 Å². The Hall–Kier alpha value is -0.670. The van der Waals surface area contributed by atoms with Crippen LogP contribution in [0.1, 0.15) is 6.92 Å². The first-order valence-electron chi connectivity index (χ1n) is 3.70. The molecule has 0 amide bonds. The summed E-state index contributed by atoms with van der Waals surface area (Å²) >= 11 is 0. The Balaban J connectivity index is 3.93. The third-order valence-corrected chi connectivity index (χ3v) is 1.38. The monoisotopic (exact) mass is 155 g/mol. The van der Waals surface area contributed by atoms with Gasteiger partial charge in [0.2, 0.25) is 0 Å². The molecule has 0 saturated carbocycles. The van der Waals surface area contributed by atoms with E-state index in [9.17, 15) is 0 Å². The minimum absolute atomic E-state index is 0.120. The molecule has 1 unspecified atom stereocenters. The summed E-state index contributed by atoms with van der Waals surface area (Å²) in [6.07, 6.45) is 1.61. The molecule has 0 aromatic carbocycles. The molecular formula is C8H17N3. The zero-order chi connectivity index (χ0) is 8.85. The third-order valence-electron chi connectivity index (χ3n) is 1.38. The molecule has 0 rings (SSSR count). The predicted octanol–water partition coefficient (Wildman–Crippen LogP) is 0.480. The van der Waals surface area contributed by atoms with Gasteiger partial charge in [-0.2, -0.15) is 0 Å². The number of rotatable bonds is 4. The van der Waals surface area contributed by atoms with Crippen LogP contribution in [0.3, 0.4) is 0 Å². The van der Waals surface area contributed by atoms with Gasteiger partial charge in [-0.25, -0.2) is 0 Å². The zero-order valence-electron chi connectivity index (χ0n) is 7.54. The van der Waals surface area contributed by atoms with Crippen molar-refractivity contribution in [1.29, 1.82) is 0 Å². The minimum Gasteiger partial charge on any atom is -0.312 e. The maximum absolute atomic E-state index is 5.74. The second-order valence-electron chi connectivity index (χ2n) is 2.61. The van der Waals surface area contributed by atoms with Crippen LogP contribution < -0.4 is 5.73 Å². The van der Waals surface area contributed by atoms with Gasteiger partial charge in [0.25, 0.3) is 0 Å². The van der Waals surface area contributed by atoms with Crippen molar-refractivity contribution in [3.8, 4) is 0 Å². The van der Waals surface area contributed by atoms with Gasteiger partial charge in [0, 0.05) is 12.8 Å². The predicted molar refractivity (Wildman–Crippen MR) is 49.8 cm³/mol. The molecule has 0 aromatic rings. The standard InChI is InChI=1S/C8H17N3/c1-5-10-6-7(2)8(9)11(3)4/h6,8H,2,5,9H2,1,3-4H3. The van der Waals surface area contributed by atoms with Crippen LogP contribution in [0.5, 0.6) is 0 Å². The van der Waals surface area contributed by atoms with Crippen molar-refractivity contribution in [3.05, 3.63) is 12.2 Å². The van der Waals surface area contributed by atoms with E-state index < -0.39 is 0 Å². The summed E-state index contributed by atoms with van der Waals surface area (Å²) < 4.78 is 0. The first kappa shape index (κ1) is 10.3. The maximum Gasteiger partial charge on any atom is 0.0839 e. The summed E-state index contributed by atoms with van der Waals surface area (Å²) in [4.78, 5) is 5.94. The van der Waals surface area contributed by atoms with Gasteiger partial charge in [0.05, 0.1) is 6.17 Å². The van der Waals surface area contributed by atoms with E-state index in [1.165, 1.54) is 0 Å². The lowest BCUT2D eigenvalue weighted by atomic mass is 10.2. The molecule has 0 aliphatic rings. The topological polar surface area (TPSA) is 41.6 Å². The number of nitrogens with zero attached hydrogens (tertiary/aromatic N) is 2. The quantitative estimate of drug-likeness (QED) is 0.474. The molecule has 0 radical (unpaired) electrons. The number of nitrogens with two attached hydrogens (primary N) is 1. The molecule has 0 spiro atoms. The molecule has 3 nitrogen and oxygen atoms in total. The first-order chi connectivity index (χ1) is 5.09. The first-order valence-corrected chi connectivity index (χ1v) is 3.70. The molecule has 0 heterocycles. The number of likely N-dealkylation sites (N-methyl/N-ethyl adjacent to an activating group) is 1. The molecule has 11 heavy (non-hydrogen) atoms. The number of hydrogen-bond donors (Lipinski definition) is 1. The Morgan fingerprint density at radius 3 is 2.64 bits per heavy atom. The van der Waals surface area contributed by atoms with Crippen LogP contribution in [-0.2, 0) is 0 Å². The normalized spacial score (nSPS) is 14.3. The molecule has 2 N–H and O–H groups in total. The summed E-state index contributed by atoms with van der Waals surface area (Å²) in [5.41, 5.74) is 6.58. The average Bonchev–Trinajstić information content (AvgIpc) is 1.98. The van der Waals surface area contributed by atoms with Crippen molar-refractivity contribution in [3.63, 3.8) is 0 Å². The van der Waals surface area contributed by atoms with Gasteiger partial charge in [-0.15, -0.1) is 0 Å². The molecule has 0 aliphatic heterocycles. The summed E-state index contributed by atoms with van der Waals surface area (Å²) in [6, 6.07) is 0. The van der Waals surface area contributed by atoms with E-state index >= 15 is 0 Å². The minimum atomic E-state index is -0.120. The zero-order valence-corrected chi connectivity index (χ0v) is 7.54. The SMILES string of the molecule is C=C(C=NCC)C(N)N(C)C. The molecule has 64 valence electrons. The highest BCUT2D eigenvalue weighted by Gasteiger charge is 2.05. The van der Waals surface area contributed by atoms with Crippen LogP contribution >= 0.6 is 0 Å². The highest BCUT2D eigenvalue weighted by Crippen LogP contribution is 1.95. The largest absolute Gasteiger partial charge is 0.312 e. The summed E-state index contributed by atoms with van der Waals surface area (Å²) in [5, 5.41) is 0. The van der Waals surface area contributed by atoms with Crippen LogP contribution in [0.25, 0.3) is 0 Å². The Kier molecular flexibility index (Phi) is 4.74. The van der Waals surface area contributed by atoms with E-state index in [1.54, 1.807) is 6.21 Å². The average molecular weight is 155 g/mol. The number of hydrogen-bond acceptors (Lipinski definition) is 3. The van der Waals surface area contributed by atoms with Gasteiger partial charge in [-0.3, -0.25) is 9.89 Å². The van der Waals surface area contributed by atoms with Crippen molar-refractivity contribution in [2.75, 3.05) is 20.6 Å². The van der Waals surface area contributed by atoms with Crippen LogP contribution in [0.4, 0.5) is 0 Å². The molecule has 0 aromatic heterocycles. The molecule has 0 aliphatic carbocycles. The lowest BCUT2D eigenvalue weighted by molar-refractivity contribution is 0.345. The van der Waals surface area contributed by atoms with Gasteiger partial charge in [-0.1, -0.05) is 6.58 Å². The smallest absolute Gasteiger partial charge is 0.0839 e. The van der Waals surface area contributed by atoms with E-state index in [0.717, 1.165) is 12.1 Å². The lowest BCUT2D eigenvalue weighted by Gasteiger charge is -2.19. The molecule has 0 fully saturated rings. The van der Waals surface area contributed by atoms with Gasteiger partial charge < -0.3 is 5.73 Å². The van der Waals surface area contributed by atoms with E-state index in [2.05, 4.69) is 11.6 Å². The van der Waals surface area contributed by atoms with Crippen molar-refractivity contribution in [2.45, 2.75) is 13.1 Å². The van der Waals surface area contributed by atoms with Gasteiger partial charge >= 0.3 is 0 Å². The van der Waals surface area contributed by atoms with Crippen LogP contribution in [0, 0.1) is 0 Å². The Morgan fingerprint density at radius 2 is 2.27 bits per heavy atom. The van der Waals surface area contributed by atoms with Gasteiger partial charge in [0.1, 0.15) is 0 Å². The number of aliphatic imine (C=N–C) groups is 1. The molecule has 0 bridgehead atoms. The lowest BCUT2D eigenvalue weighted by Crippen LogP contribution is -2.38. The fourth-order valence-corrected chi connectivity index (χ4v) is 0.617. The molecule has 1 atom stereocenters. The second-order valence-corrected chi connectivity index (χ2v) is 2.61. The fraction of sp³-hybridized carbons (Fsp3) is 0.625. The summed E-state index contributed by atoms with van der Waals surface area (Å²) in [5.74, 6) is 0. The van der Waals surface area contributed by atoms with Crippen molar-refractivity contribution in [1.82, 2.24) is 4.90 Å². The van der Waals surface area contributed by atoms with Crippen LogP contribution in [0.2, 0.25) is 0 Å². The molecule has 3 heteroatoms. The van der Waals surface area contributed by atoms with E-state index in [1.807, 2.05) is 25.9 Å². The summed E-state index contributed by atoms with van der Waals surface area (Å²) in [7, 11) is 3.82. The van der Waals surface area contributed by atoms with E-state index in [0.29, 0.717) is 0 Å². The van der Waals surface area contributed by atoms with Crippen molar-refractivity contribution < 1.29 is 0 Å². The van der Waals surface area contributed by atoms with Gasteiger partial charge in [0.15, 0.2) is 0 Å². The molecule has 0 saturated heterocycles. The Labute approximate surface area is 68.6 Å². The second kappa shape index (κ2) is 5.04. The highest BCUT2D eigenvalue weighted by atomic mass is 15.2. The Morgan fingerprint density at radius 1 is 1.73 bits per heavy atom. The highest BCUT2D eigenvalue weighted by molar-refractivity contribution is 5.78. The van der Waals surface area contributed by atoms with Crippen molar-refractivity contribution in [2.24, 2.45) is 10.7 Å². The van der Waals surface area contributed by atoms with Crippen LogP contribution in [0.15, 0.2) is 17.1 Å². The van der Waals surface area contributed by atoms with Crippen molar-refractivity contribution >= 4 is 6.21 Å². The fourth-order valence-electron chi connectivity index (χ4n) is 0.617. The van der Waals surface area contributed by atoms with Gasteiger partial charge in [-0.05, 0) is 26.6 Å². The maximum atomic E-state index is 5.74. The van der Waals surface area contributed by atoms with Crippen LogP contribution in [-0.4, -0.2) is 37.9 Å².